The zero-order valence-electron chi connectivity index (χ0n) is 14.3. The summed E-state index contributed by atoms with van der Waals surface area (Å²) < 4.78 is 11.3. The number of esters is 1. The first-order valence-corrected chi connectivity index (χ1v) is 8.58. The SMILES string of the molecule is COc1ccccc1C(=O)NC(=O)COC(=O)CCn1c(C)csc1=O. The molecule has 1 N–H and O–H groups in total. The maximum atomic E-state index is 12.0. The number of rotatable bonds is 7. The number of carbonyl (C=O) groups excluding carboxylic acids is 3. The van der Waals surface area contributed by atoms with Gasteiger partial charge in [0.25, 0.3) is 11.8 Å². The van der Waals surface area contributed by atoms with Crippen LogP contribution >= 0.6 is 11.3 Å². The standard InChI is InChI=1S/C17H18N2O6S/c1-11-10-26-17(23)19(11)8-7-15(21)25-9-14(20)18-16(22)12-5-3-4-6-13(12)24-2/h3-6,10H,7-9H2,1-2H3,(H,18,20,22). The monoisotopic (exact) mass is 378 g/mol. The van der Waals surface area contributed by atoms with Crippen molar-refractivity contribution in [1.82, 2.24) is 9.88 Å². The number of amides is 2. The predicted molar refractivity (Wildman–Crippen MR) is 94.4 cm³/mol. The number of aromatic nitrogens is 1. The molecule has 0 spiro atoms. The first-order valence-electron chi connectivity index (χ1n) is 7.70. The Bertz CT molecular complexity index is 870. The van der Waals surface area contributed by atoms with Crippen molar-refractivity contribution in [1.29, 1.82) is 0 Å². The minimum absolute atomic E-state index is 0.0504. The summed E-state index contributed by atoms with van der Waals surface area (Å²) in [5, 5.41) is 3.82. The number of nitrogens with zero attached hydrogens (tertiary/aromatic N) is 1. The van der Waals surface area contributed by atoms with Crippen molar-refractivity contribution in [2.75, 3.05) is 13.7 Å². The number of nitrogens with one attached hydrogen (secondary N) is 1. The van der Waals surface area contributed by atoms with Crippen LogP contribution in [0.25, 0.3) is 0 Å². The van der Waals surface area contributed by atoms with E-state index in [1.807, 2.05) is 0 Å². The molecule has 1 aromatic heterocycles. The Labute approximate surface area is 153 Å². The topological polar surface area (TPSA) is 104 Å². The lowest BCUT2D eigenvalue weighted by Gasteiger charge is -2.09. The van der Waals surface area contributed by atoms with Gasteiger partial charge in [0.1, 0.15) is 5.75 Å². The molecule has 2 amide bonds. The second-order valence-electron chi connectivity index (χ2n) is 5.28. The van der Waals surface area contributed by atoms with Gasteiger partial charge in [0.15, 0.2) is 6.61 Å². The maximum absolute atomic E-state index is 12.0. The summed E-state index contributed by atoms with van der Waals surface area (Å²) in [5.74, 6) is -1.71. The summed E-state index contributed by atoms with van der Waals surface area (Å²) in [6, 6.07) is 6.43. The molecule has 0 saturated heterocycles. The quantitative estimate of drug-likeness (QED) is 0.724. The van der Waals surface area contributed by atoms with Gasteiger partial charge in [-0.1, -0.05) is 23.5 Å². The molecule has 1 heterocycles. The number of imide groups is 1. The van der Waals surface area contributed by atoms with Crippen LogP contribution < -0.4 is 14.9 Å². The third kappa shape index (κ3) is 5.03. The average molecular weight is 378 g/mol. The van der Waals surface area contributed by atoms with Crippen LogP contribution in [0.5, 0.6) is 5.75 Å². The fourth-order valence-electron chi connectivity index (χ4n) is 2.16. The number of ether oxygens (including phenoxy) is 2. The number of aryl methyl sites for hydroxylation is 1. The van der Waals surface area contributed by atoms with E-state index in [2.05, 4.69) is 5.32 Å². The number of hydrogen-bond acceptors (Lipinski definition) is 7. The van der Waals surface area contributed by atoms with Crippen molar-refractivity contribution in [2.45, 2.75) is 19.9 Å². The van der Waals surface area contributed by atoms with Gasteiger partial charge in [0.05, 0.1) is 19.1 Å². The minimum Gasteiger partial charge on any atom is -0.496 e. The number of benzene rings is 1. The van der Waals surface area contributed by atoms with Crippen LogP contribution in [0.2, 0.25) is 0 Å². The van der Waals surface area contributed by atoms with E-state index in [1.54, 1.807) is 30.5 Å². The Morgan fingerprint density at radius 3 is 2.62 bits per heavy atom. The number of carbonyl (C=O) groups is 3. The number of para-hydroxylation sites is 1. The molecule has 9 heteroatoms. The summed E-state index contributed by atoms with van der Waals surface area (Å²) in [7, 11) is 1.41. The van der Waals surface area contributed by atoms with E-state index in [-0.39, 0.29) is 23.4 Å². The summed E-state index contributed by atoms with van der Waals surface area (Å²) in [6.07, 6.45) is -0.0504. The molecule has 0 saturated carbocycles. The molecule has 26 heavy (non-hydrogen) atoms. The molecule has 0 fully saturated rings. The molecule has 0 aliphatic rings. The van der Waals surface area contributed by atoms with E-state index >= 15 is 0 Å². The first-order chi connectivity index (χ1) is 12.4. The normalized spacial score (nSPS) is 10.2. The van der Waals surface area contributed by atoms with Gasteiger partial charge in [-0.15, -0.1) is 0 Å². The van der Waals surface area contributed by atoms with Crippen LogP contribution in [-0.2, 0) is 20.9 Å². The third-order valence-electron chi connectivity index (χ3n) is 3.48. The van der Waals surface area contributed by atoms with Gasteiger partial charge in [-0.05, 0) is 19.1 Å². The van der Waals surface area contributed by atoms with Gasteiger partial charge in [0, 0.05) is 17.6 Å². The molecular formula is C17H18N2O6S. The molecule has 1 aromatic carbocycles. The van der Waals surface area contributed by atoms with Gasteiger partial charge in [-0.2, -0.15) is 0 Å². The van der Waals surface area contributed by atoms with Crippen molar-refractivity contribution in [3.8, 4) is 5.75 Å². The molecule has 2 rings (SSSR count). The van der Waals surface area contributed by atoms with Crippen LogP contribution in [0.1, 0.15) is 22.5 Å². The number of thiazole rings is 1. The van der Waals surface area contributed by atoms with Crippen LogP contribution in [0, 0.1) is 6.92 Å². The number of methoxy groups -OCH3 is 1. The lowest BCUT2D eigenvalue weighted by Crippen LogP contribution is -2.34. The average Bonchev–Trinajstić information content (AvgIpc) is 2.96. The lowest BCUT2D eigenvalue weighted by atomic mass is 10.2. The largest absolute Gasteiger partial charge is 0.496 e. The summed E-state index contributed by atoms with van der Waals surface area (Å²) >= 11 is 1.05. The van der Waals surface area contributed by atoms with Gasteiger partial charge < -0.3 is 14.0 Å². The third-order valence-corrected chi connectivity index (χ3v) is 4.37. The van der Waals surface area contributed by atoms with E-state index in [1.165, 1.54) is 17.7 Å². The Morgan fingerprint density at radius 1 is 1.23 bits per heavy atom. The lowest BCUT2D eigenvalue weighted by molar-refractivity contribution is -0.148. The Hall–Kier alpha value is -2.94. The van der Waals surface area contributed by atoms with E-state index in [0.29, 0.717) is 5.75 Å². The predicted octanol–water partition coefficient (Wildman–Crippen LogP) is 1.12. The summed E-state index contributed by atoms with van der Waals surface area (Å²) in [5.41, 5.74) is 0.954. The highest BCUT2D eigenvalue weighted by Crippen LogP contribution is 2.16. The molecule has 0 unspecified atom stereocenters. The molecule has 2 aromatic rings. The Morgan fingerprint density at radius 2 is 1.96 bits per heavy atom. The van der Waals surface area contributed by atoms with E-state index in [9.17, 15) is 19.2 Å². The molecule has 0 radical (unpaired) electrons. The van der Waals surface area contributed by atoms with Crippen molar-refractivity contribution >= 4 is 29.1 Å². The van der Waals surface area contributed by atoms with Crippen LogP contribution in [0.4, 0.5) is 0 Å². The Kier molecular flexibility index (Phi) is 6.67. The van der Waals surface area contributed by atoms with E-state index < -0.39 is 24.4 Å². The molecule has 138 valence electrons. The summed E-state index contributed by atoms with van der Waals surface area (Å²) in [4.78, 5) is 46.9. The van der Waals surface area contributed by atoms with Crippen molar-refractivity contribution in [3.63, 3.8) is 0 Å². The first kappa shape index (κ1) is 19.4. The molecular weight excluding hydrogens is 360 g/mol. The van der Waals surface area contributed by atoms with Crippen LogP contribution in [-0.4, -0.2) is 36.1 Å². The van der Waals surface area contributed by atoms with Crippen molar-refractivity contribution in [3.05, 3.63) is 50.6 Å². The van der Waals surface area contributed by atoms with Crippen molar-refractivity contribution in [2.24, 2.45) is 0 Å². The van der Waals surface area contributed by atoms with Crippen LogP contribution in [0.15, 0.2) is 34.4 Å². The molecule has 0 bridgehead atoms. The Balaban J connectivity index is 1.80. The molecule has 8 nitrogen and oxygen atoms in total. The molecule has 0 aliphatic heterocycles. The van der Waals surface area contributed by atoms with E-state index in [4.69, 9.17) is 9.47 Å². The highest BCUT2D eigenvalue weighted by atomic mass is 32.1. The molecule has 0 atom stereocenters. The van der Waals surface area contributed by atoms with Gasteiger partial charge >= 0.3 is 10.8 Å². The number of hydrogen-bond donors (Lipinski definition) is 1. The second kappa shape index (κ2) is 8.95. The van der Waals surface area contributed by atoms with Gasteiger partial charge in [-0.3, -0.25) is 24.5 Å². The fraction of sp³-hybridized carbons (Fsp3) is 0.294. The minimum atomic E-state index is -0.752. The van der Waals surface area contributed by atoms with Gasteiger partial charge in [-0.25, -0.2) is 0 Å². The van der Waals surface area contributed by atoms with E-state index in [0.717, 1.165) is 17.0 Å². The molecule has 0 aliphatic carbocycles. The second-order valence-corrected chi connectivity index (χ2v) is 6.10. The highest BCUT2D eigenvalue weighted by Gasteiger charge is 2.16. The maximum Gasteiger partial charge on any atom is 0.308 e. The highest BCUT2D eigenvalue weighted by molar-refractivity contribution is 7.07. The van der Waals surface area contributed by atoms with Crippen molar-refractivity contribution < 1.29 is 23.9 Å². The zero-order chi connectivity index (χ0) is 19.1. The fourth-order valence-corrected chi connectivity index (χ4v) is 2.92. The smallest absolute Gasteiger partial charge is 0.308 e. The van der Waals surface area contributed by atoms with Gasteiger partial charge in [0.2, 0.25) is 0 Å². The summed E-state index contributed by atoms with van der Waals surface area (Å²) in [6.45, 7) is 1.35. The zero-order valence-corrected chi connectivity index (χ0v) is 15.1. The van der Waals surface area contributed by atoms with Crippen LogP contribution in [0.3, 0.4) is 0 Å².